The van der Waals surface area contributed by atoms with Crippen LogP contribution in [0.4, 0.5) is 0 Å². The van der Waals surface area contributed by atoms with Crippen molar-refractivity contribution < 1.29 is 2.85 Å². The molecule has 0 atom stereocenters. The Kier molecular flexibility index (Phi) is 1.12. The fourth-order valence-electron chi connectivity index (χ4n) is 1.15. The number of aromatic nitrogens is 2. The van der Waals surface area contributed by atoms with E-state index in [1.165, 1.54) is 0 Å². The molecule has 1 aromatic heterocycles. The first-order chi connectivity index (χ1) is 5.25. The molecule has 2 aromatic rings. The van der Waals surface area contributed by atoms with Gasteiger partial charge in [-0.25, -0.2) is 4.79 Å². The molecule has 0 aliphatic rings. The second-order valence-corrected chi connectivity index (χ2v) is 2.63. The third-order valence-electron chi connectivity index (χ3n) is 1.67. The van der Waals surface area contributed by atoms with E-state index in [1.54, 1.807) is 0 Å². The molecule has 0 fully saturated rings. The molecule has 0 saturated carbocycles. The molecular weight excluding hydrogens is 140 g/mol. The number of aromatic amines is 2. The summed E-state index contributed by atoms with van der Waals surface area (Å²) in [5.41, 5.74) is 2.73. The summed E-state index contributed by atoms with van der Waals surface area (Å²) in [6.45, 7) is 1.99. The van der Waals surface area contributed by atoms with Crippen molar-refractivity contribution >= 4 is 11.0 Å². The molecular formula is C8H12N2O. The van der Waals surface area contributed by atoms with Crippen molar-refractivity contribution in [1.82, 2.24) is 9.97 Å². The first-order valence-corrected chi connectivity index (χ1v) is 3.44. The molecule has 3 nitrogen and oxygen atoms in total. The van der Waals surface area contributed by atoms with E-state index < -0.39 is 0 Å². The highest BCUT2D eigenvalue weighted by Gasteiger charge is 1.95. The van der Waals surface area contributed by atoms with Gasteiger partial charge in [0.05, 0.1) is 11.0 Å². The zero-order valence-corrected chi connectivity index (χ0v) is 6.14. The van der Waals surface area contributed by atoms with Gasteiger partial charge in [0, 0.05) is 2.85 Å². The van der Waals surface area contributed by atoms with Crippen LogP contribution in [0.1, 0.15) is 8.42 Å². The maximum atomic E-state index is 10.8. The van der Waals surface area contributed by atoms with Crippen LogP contribution < -0.4 is 5.69 Å². The van der Waals surface area contributed by atoms with Gasteiger partial charge in [-0.05, 0) is 24.6 Å². The molecule has 2 rings (SSSR count). The van der Waals surface area contributed by atoms with Gasteiger partial charge in [-0.3, -0.25) is 0 Å². The molecule has 0 aliphatic heterocycles. The van der Waals surface area contributed by atoms with Gasteiger partial charge in [0.25, 0.3) is 0 Å². The molecule has 0 spiro atoms. The van der Waals surface area contributed by atoms with Crippen molar-refractivity contribution in [1.29, 1.82) is 0 Å². The smallest absolute Gasteiger partial charge is 0.306 e. The Bertz CT molecular complexity index is 447. The summed E-state index contributed by atoms with van der Waals surface area (Å²) in [4.78, 5) is 16.2. The lowest BCUT2D eigenvalue weighted by Gasteiger charge is -1.89. The molecule has 0 bridgehead atoms. The van der Waals surface area contributed by atoms with E-state index in [4.69, 9.17) is 0 Å². The Labute approximate surface area is 66.0 Å². The lowest BCUT2D eigenvalue weighted by Crippen LogP contribution is -1.99. The largest absolute Gasteiger partial charge is 0.323 e. The first-order valence-electron chi connectivity index (χ1n) is 3.44. The van der Waals surface area contributed by atoms with Gasteiger partial charge in [0.2, 0.25) is 0 Å². The van der Waals surface area contributed by atoms with Gasteiger partial charge < -0.3 is 9.97 Å². The second kappa shape index (κ2) is 1.99. The summed E-state index contributed by atoms with van der Waals surface area (Å²) in [6, 6.07) is 5.79. The number of imidazole rings is 1. The van der Waals surface area contributed by atoms with E-state index in [0.717, 1.165) is 16.6 Å². The average molecular weight is 152 g/mol. The molecule has 0 aliphatic carbocycles. The fraction of sp³-hybridized carbons (Fsp3) is 0.125. The molecule has 0 unspecified atom stereocenters. The highest BCUT2D eigenvalue weighted by molar-refractivity contribution is 5.74. The standard InChI is InChI=1S/C8H8N2O.2H2/c1-5-2-3-6-7(4-5)10-8(11)9-6;;/h2-4H,1H3,(H2,9,10,11);2*1H. The van der Waals surface area contributed by atoms with Crippen LogP contribution in [0.2, 0.25) is 0 Å². The summed E-state index contributed by atoms with van der Waals surface area (Å²) in [6.07, 6.45) is 0. The highest BCUT2D eigenvalue weighted by Crippen LogP contribution is 2.08. The van der Waals surface area contributed by atoms with Crippen molar-refractivity contribution in [3.8, 4) is 0 Å². The van der Waals surface area contributed by atoms with Crippen LogP contribution in [0, 0.1) is 6.92 Å². The topological polar surface area (TPSA) is 48.6 Å². The van der Waals surface area contributed by atoms with E-state index in [0.29, 0.717) is 0 Å². The number of fused-ring (bicyclic) bond motifs is 1. The molecule has 0 amide bonds. The number of hydrogen-bond acceptors (Lipinski definition) is 1. The molecule has 2 N–H and O–H groups in total. The summed E-state index contributed by atoms with van der Waals surface area (Å²) >= 11 is 0. The van der Waals surface area contributed by atoms with E-state index in [9.17, 15) is 4.79 Å². The molecule has 0 saturated heterocycles. The zero-order chi connectivity index (χ0) is 7.84. The Hall–Kier alpha value is -1.51. The van der Waals surface area contributed by atoms with Crippen LogP contribution in [-0.2, 0) is 0 Å². The van der Waals surface area contributed by atoms with Crippen LogP contribution in [0.5, 0.6) is 0 Å². The van der Waals surface area contributed by atoms with Crippen molar-refractivity contribution in [2.45, 2.75) is 6.92 Å². The predicted octanol–water partition coefficient (Wildman–Crippen LogP) is 1.66. The van der Waals surface area contributed by atoms with E-state index in [2.05, 4.69) is 9.97 Å². The minimum atomic E-state index is -0.148. The monoisotopic (exact) mass is 152 g/mol. The Morgan fingerprint density at radius 2 is 2.00 bits per heavy atom. The van der Waals surface area contributed by atoms with Crippen LogP contribution in [-0.4, -0.2) is 9.97 Å². The van der Waals surface area contributed by atoms with Gasteiger partial charge >= 0.3 is 5.69 Å². The number of benzene rings is 1. The Morgan fingerprint density at radius 1 is 1.27 bits per heavy atom. The molecule has 3 heteroatoms. The third kappa shape index (κ3) is 0.941. The Balaban J connectivity index is 0.000000720. The zero-order valence-electron chi connectivity index (χ0n) is 6.14. The molecule has 1 aromatic carbocycles. The minimum Gasteiger partial charge on any atom is -0.306 e. The van der Waals surface area contributed by atoms with Gasteiger partial charge in [0.15, 0.2) is 0 Å². The maximum Gasteiger partial charge on any atom is 0.323 e. The lowest BCUT2D eigenvalue weighted by atomic mass is 10.2. The summed E-state index contributed by atoms with van der Waals surface area (Å²) < 4.78 is 0. The average Bonchev–Trinajstić information content (AvgIpc) is 2.27. The van der Waals surface area contributed by atoms with Gasteiger partial charge in [0.1, 0.15) is 0 Å². The number of nitrogens with one attached hydrogen (secondary N) is 2. The summed E-state index contributed by atoms with van der Waals surface area (Å²) in [5, 5.41) is 0. The van der Waals surface area contributed by atoms with E-state index >= 15 is 0 Å². The SMILES string of the molecule is Cc1ccc2[nH]c(=O)[nH]c2c1.[HH].[HH]. The first kappa shape index (κ1) is 6.22. The van der Waals surface area contributed by atoms with E-state index in [1.807, 2.05) is 25.1 Å². The Morgan fingerprint density at radius 3 is 2.82 bits per heavy atom. The van der Waals surface area contributed by atoms with Crippen molar-refractivity contribution in [3.05, 3.63) is 34.2 Å². The lowest BCUT2D eigenvalue weighted by molar-refractivity contribution is 1.21. The quantitative estimate of drug-likeness (QED) is 0.592. The number of aryl methyl sites for hydroxylation is 1. The van der Waals surface area contributed by atoms with E-state index in [-0.39, 0.29) is 8.54 Å². The van der Waals surface area contributed by atoms with Crippen LogP contribution in [0.3, 0.4) is 0 Å². The second-order valence-electron chi connectivity index (χ2n) is 2.63. The molecule has 0 radical (unpaired) electrons. The molecule has 11 heavy (non-hydrogen) atoms. The molecule has 60 valence electrons. The minimum absolute atomic E-state index is 0. The highest BCUT2D eigenvalue weighted by atomic mass is 16.1. The van der Waals surface area contributed by atoms with Crippen LogP contribution >= 0.6 is 0 Å². The normalized spacial score (nSPS) is 10.6. The maximum absolute atomic E-state index is 10.8. The van der Waals surface area contributed by atoms with Crippen LogP contribution in [0.25, 0.3) is 11.0 Å². The number of rotatable bonds is 0. The van der Waals surface area contributed by atoms with Crippen molar-refractivity contribution in [3.63, 3.8) is 0 Å². The van der Waals surface area contributed by atoms with Crippen molar-refractivity contribution in [2.75, 3.05) is 0 Å². The summed E-state index contributed by atoms with van der Waals surface area (Å²) in [5.74, 6) is 0. The number of H-pyrrole nitrogens is 2. The predicted molar refractivity (Wildman–Crippen MR) is 47.9 cm³/mol. The fourth-order valence-corrected chi connectivity index (χ4v) is 1.15. The number of hydrogen-bond donors (Lipinski definition) is 2. The van der Waals surface area contributed by atoms with Gasteiger partial charge in [-0.1, -0.05) is 6.07 Å². The van der Waals surface area contributed by atoms with Crippen molar-refractivity contribution in [2.24, 2.45) is 0 Å². The van der Waals surface area contributed by atoms with Crippen LogP contribution in [0.15, 0.2) is 23.0 Å². The third-order valence-corrected chi connectivity index (χ3v) is 1.67. The summed E-state index contributed by atoms with van der Waals surface area (Å²) in [7, 11) is 0. The van der Waals surface area contributed by atoms with Gasteiger partial charge in [-0.2, -0.15) is 0 Å². The van der Waals surface area contributed by atoms with Gasteiger partial charge in [-0.15, -0.1) is 0 Å². The molecule has 1 heterocycles.